The highest BCUT2D eigenvalue weighted by Crippen LogP contribution is 2.29. The van der Waals surface area contributed by atoms with E-state index in [1.807, 2.05) is 6.20 Å². The van der Waals surface area contributed by atoms with Gasteiger partial charge in [-0.1, -0.05) is 11.6 Å². The number of morpholine rings is 1. The predicted molar refractivity (Wildman–Crippen MR) is 123 cm³/mol. The van der Waals surface area contributed by atoms with Crippen molar-refractivity contribution in [1.29, 1.82) is 0 Å². The van der Waals surface area contributed by atoms with E-state index in [1.54, 1.807) is 0 Å². The van der Waals surface area contributed by atoms with Gasteiger partial charge in [-0.25, -0.2) is 4.98 Å². The summed E-state index contributed by atoms with van der Waals surface area (Å²) >= 11 is 8.87. The number of pyridine rings is 1. The Morgan fingerprint density at radius 3 is 2.76 bits per heavy atom. The van der Waals surface area contributed by atoms with Crippen LogP contribution in [0, 0.1) is 17.4 Å². The predicted octanol–water partition coefficient (Wildman–Crippen LogP) is 3.21. The van der Waals surface area contributed by atoms with Crippen molar-refractivity contribution in [2.24, 2.45) is 0 Å². The normalized spacial score (nSPS) is 15.3. The van der Waals surface area contributed by atoms with Crippen LogP contribution in [0.1, 0.15) is 22.4 Å². The van der Waals surface area contributed by atoms with E-state index in [-0.39, 0.29) is 5.95 Å². The van der Waals surface area contributed by atoms with Crippen molar-refractivity contribution in [2.75, 3.05) is 38.6 Å². The molecule has 1 fully saturated rings. The molecule has 0 aromatic carbocycles. The quantitative estimate of drug-likeness (QED) is 0.406. The second kappa shape index (κ2) is 8.71. The number of anilines is 1. The summed E-state index contributed by atoms with van der Waals surface area (Å²) in [7, 11) is 0. The maximum Gasteiger partial charge on any atom is 0.223 e. The molecule has 3 aromatic heterocycles. The van der Waals surface area contributed by atoms with Gasteiger partial charge in [0, 0.05) is 35.6 Å². The summed E-state index contributed by atoms with van der Waals surface area (Å²) in [5.74, 6) is 0.185. The second-order valence-corrected chi connectivity index (χ2v) is 8.82. The Morgan fingerprint density at radius 1 is 1.24 bits per heavy atom. The third-order valence-corrected chi connectivity index (χ3v) is 7.34. The number of aryl methyl sites for hydroxylation is 1. The van der Waals surface area contributed by atoms with Crippen LogP contribution in [0.2, 0.25) is 5.15 Å². The van der Waals surface area contributed by atoms with Crippen molar-refractivity contribution >= 4 is 51.2 Å². The van der Waals surface area contributed by atoms with Gasteiger partial charge in [0.2, 0.25) is 5.95 Å². The van der Waals surface area contributed by atoms with Gasteiger partial charge in [0.1, 0.15) is 10.8 Å². The van der Waals surface area contributed by atoms with Crippen LogP contribution in [0.3, 0.4) is 0 Å². The van der Waals surface area contributed by atoms with Gasteiger partial charge >= 0.3 is 0 Å². The van der Waals surface area contributed by atoms with E-state index in [0.29, 0.717) is 11.7 Å². The zero-order valence-corrected chi connectivity index (χ0v) is 19.5. The van der Waals surface area contributed by atoms with Crippen molar-refractivity contribution in [3.05, 3.63) is 43.5 Å². The Hall–Kier alpha value is -1.49. The molecule has 1 saturated heterocycles. The van der Waals surface area contributed by atoms with Gasteiger partial charge < -0.3 is 15.0 Å². The van der Waals surface area contributed by atoms with E-state index in [4.69, 9.17) is 22.1 Å². The SMILES string of the molecule is Cc1cnc(Cn2cc(CCN3CCOCC3)c3c(Cl)nc(N)nc32)c(C)c1I. The maximum absolute atomic E-state index is 6.49. The Balaban J connectivity index is 1.69. The first-order chi connectivity index (χ1) is 13.9. The van der Waals surface area contributed by atoms with Crippen LogP contribution in [0.5, 0.6) is 0 Å². The number of fused-ring (bicyclic) bond motifs is 1. The number of nitrogens with two attached hydrogens (primary N) is 1. The lowest BCUT2D eigenvalue weighted by molar-refractivity contribution is 0.0385. The molecule has 7 nitrogen and oxygen atoms in total. The summed E-state index contributed by atoms with van der Waals surface area (Å²) in [5, 5.41) is 1.29. The molecule has 9 heteroatoms. The molecule has 4 heterocycles. The Labute approximate surface area is 188 Å². The second-order valence-electron chi connectivity index (χ2n) is 7.38. The van der Waals surface area contributed by atoms with Crippen LogP contribution in [-0.2, 0) is 17.7 Å². The van der Waals surface area contributed by atoms with Crippen molar-refractivity contribution in [3.63, 3.8) is 0 Å². The summed E-state index contributed by atoms with van der Waals surface area (Å²) in [6, 6.07) is 0. The fourth-order valence-corrected chi connectivity index (χ4v) is 4.46. The molecular formula is C20H24ClIN6O. The standard InChI is InChI=1S/C20H24ClIN6O/c1-12-9-24-15(13(2)17(12)22)11-28-10-14(3-4-27-5-7-29-8-6-27)16-18(21)25-20(23)26-19(16)28/h9-10H,3-8,11H2,1-2H3,(H2,23,25,26). The lowest BCUT2D eigenvalue weighted by Crippen LogP contribution is -2.37. The minimum absolute atomic E-state index is 0.185. The summed E-state index contributed by atoms with van der Waals surface area (Å²) in [5.41, 5.74) is 11.2. The number of aromatic nitrogens is 4. The first-order valence-corrected chi connectivity index (χ1v) is 11.1. The lowest BCUT2D eigenvalue weighted by atomic mass is 10.1. The van der Waals surface area contributed by atoms with Crippen LogP contribution >= 0.6 is 34.2 Å². The van der Waals surface area contributed by atoms with Gasteiger partial charge in [-0.2, -0.15) is 4.98 Å². The van der Waals surface area contributed by atoms with Gasteiger partial charge in [-0.15, -0.1) is 0 Å². The highest BCUT2D eigenvalue weighted by atomic mass is 127. The number of hydrogen-bond donors (Lipinski definition) is 1. The Bertz CT molecular complexity index is 1050. The lowest BCUT2D eigenvalue weighted by Gasteiger charge is -2.26. The molecule has 0 amide bonds. The number of nitrogen functional groups attached to an aromatic ring is 1. The molecule has 154 valence electrons. The molecule has 1 aliphatic heterocycles. The third-order valence-electron chi connectivity index (χ3n) is 5.41. The molecule has 4 rings (SSSR count). The highest BCUT2D eigenvalue weighted by molar-refractivity contribution is 14.1. The number of halogens is 2. The highest BCUT2D eigenvalue weighted by Gasteiger charge is 2.18. The minimum atomic E-state index is 0.185. The van der Waals surface area contributed by atoms with Gasteiger partial charge in [-0.05, 0) is 59.5 Å². The molecule has 0 saturated carbocycles. The molecule has 0 spiro atoms. The molecule has 3 aromatic rings. The van der Waals surface area contributed by atoms with Gasteiger partial charge in [0.15, 0.2) is 0 Å². The smallest absolute Gasteiger partial charge is 0.223 e. The Morgan fingerprint density at radius 2 is 2.00 bits per heavy atom. The monoisotopic (exact) mass is 526 g/mol. The zero-order chi connectivity index (χ0) is 20.5. The first-order valence-electron chi connectivity index (χ1n) is 9.65. The Kier molecular flexibility index (Phi) is 6.24. The maximum atomic E-state index is 6.49. The van der Waals surface area contributed by atoms with Gasteiger partial charge in [-0.3, -0.25) is 9.88 Å². The van der Waals surface area contributed by atoms with Gasteiger partial charge in [0.05, 0.1) is 30.8 Å². The fraction of sp³-hybridized carbons (Fsp3) is 0.450. The molecule has 0 bridgehead atoms. The number of ether oxygens (including phenoxy) is 1. The van der Waals surface area contributed by atoms with Crippen molar-refractivity contribution < 1.29 is 4.74 Å². The number of rotatable bonds is 5. The molecule has 0 aliphatic carbocycles. The summed E-state index contributed by atoms with van der Waals surface area (Å²) in [6.07, 6.45) is 4.92. The third kappa shape index (κ3) is 4.35. The average Bonchev–Trinajstić information content (AvgIpc) is 3.05. The summed E-state index contributed by atoms with van der Waals surface area (Å²) in [6.45, 7) is 9.25. The molecule has 0 atom stereocenters. The van der Waals surface area contributed by atoms with Crippen LogP contribution in [-0.4, -0.2) is 57.3 Å². The number of nitrogens with zero attached hydrogens (tertiary/aromatic N) is 5. The molecular weight excluding hydrogens is 503 g/mol. The fourth-order valence-electron chi connectivity index (χ4n) is 3.72. The molecule has 0 unspecified atom stereocenters. The topological polar surface area (TPSA) is 82.1 Å². The van der Waals surface area contributed by atoms with Crippen LogP contribution in [0.4, 0.5) is 5.95 Å². The summed E-state index contributed by atoms with van der Waals surface area (Å²) in [4.78, 5) is 15.8. The van der Waals surface area contributed by atoms with E-state index in [2.05, 4.69) is 67.1 Å². The zero-order valence-electron chi connectivity index (χ0n) is 16.6. The minimum Gasteiger partial charge on any atom is -0.379 e. The van der Waals surface area contributed by atoms with Crippen molar-refractivity contribution in [1.82, 2.24) is 24.4 Å². The van der Waals surface area contributed by atoms with Crippen LogP contribution in [0.15, 0.2) is 12.4 Å². The molecule has 0 radical (unpaired) electrons. The largest absolute Gasteiger partial charge is 0.379 e. The van der Waals surface area contributed by atoms with E-state index in [9.17, 15) is 0 Å². The van der Waals surface area contributed by atoms with Crippen molar-refractivity contribution in [2.45, 2.75) is 26.8 Å². The van der Waals surface area contributed by atoms with Crippen molar-refractivity contribution in [3.8, 4) is 0 Å². The van der Waals surface area contributed by atoms with E-state index < -0.39 is 0 Å². The van der Waals surface area contributed by atoms with E-state index in [1.165, 1.54) is 14.7 Å². The van der Waals surface area contributed by atoms with Crippen LogP contribution < -0.4 is 5.73 Å². The van der Waals surface area contributed by atoms with Gasteiger partial charge in [0.25, 0.3) is 0 Å². The van der Waals surface area contributed by atoms with E-state index in [0.717, 1.165) is 61.6 Å². The summed E-state index contributed by atoms with van der Waals surface area (Å²) < 4.78 is 8.78. The molecule has 29 heavy (non-hydrogen) atoms. The van der Waals surface area contributed by atoms with E-state index >= 15 is 0 Å². The first kappa shape index (κ1) is 20.8. The average molecular weight is 527 g/mol. The number of hydrogen-bond acceptors (Lipinski definition) is 6. The molecule has 1 aliphatic rings. The molecule has 2 N–H and O–H groups in total. The van der Waals surface area contributed by atoms with Crippen LogP contribution in [0.25, 0.3) is 11.0 Å².